The van der Waals surface area contributed by atoms with E-state index < -0.39 is 0 Å². The lowest BCUT2D eigenvalue weighted by molar-refractivity contribution is 0.267. The van der Waals surface area contributed by atoms with Crippen LogP contribution in [-0.4, -0.2) is 18.6 Å². The molecule has 1 heterocycles. The largest absolute Gasteiger partial charge is 0.493 e. The van der Waals surface area contributed by atoms with E-state index in [0.717, 1.165) is 30.2 Å². The number of aromatic nitrogens is 1. The van der Waals surface area contributed by atoms with E-state index in [4.69, 9.17) is 4.74 Å². The summed E-state index contributed by atoms with van der Waals surface area (Å²) in [6.07, 6.45) is 1.88. The predicted molar refractivity (Wildman–Crippen MR) is 62.1 cm³/mol. The molecule has 0 bridgehead atoms. The number of nitrogens with one attached hydrogen (secondary N) is 1. The number of nitrogens with zero attached hydrogens (tertiary/aromatic N) is 1. The molecule has 3 heteroatoms. The molecule has 1 aromatic heterocycles. The second-order valence-corrected chi connectivity index (χ2v) is 4.17. The monoisotopic (exact) mass is 208 g/mol. The first kappa shape index (κ1) is 12.0. The molecule has 1 N–H and O–H groups in total. The molecular weight excluding hydrogens is 188 g/mol. The lowest BCUT2D eigenvalue weighted by Gasteiger charge is -2.13. The van der Waals surface area contributed by atoms with Gasteiger partial charge in [-0.1, -0.05) is 13.8 Å². The van der Waals surface area contributed by atoms with Gasteiger partial charge in [0, 0.05) is 30.1 Å². The maximum atomic E-state index is 5.75. The third-order valence-electron chi connectivity index (χ3n) is 2.02. The Morgan fingerprint density at radius 3 is 2.80 bits per heavy atom. The van der Waals surface area contributed by atoms with E-state index in [-0.39, 0.29) is 0 Å². The summed E-state index contributed by atoms with van der Waals surface area (Å²) < 4.78 is 5.75. The van der Waals surface area contributed by atoms with Gasteiger partial charge < -0.3 is 10.1 Å². The Labute approximate surface area is 91.9 Å². The maximum Gasteiger partial charge on any atom is 0.127 e. The standard InChI is InChI=1S/C12H20N2O/c1-9(2)8-15-12-5-10(3)14-7-11(12)6-13-4/h5,7,9,13H,6,8H2,1-4H3. The molecule has 0 saturated carbocycles. The minimum absolute atomic E-state index is 0.543. The summed E-state index contributed by atoms with van der Waals surface area (Å²) in [5.74, 6) is 1.49. The van der Waals surface area contributed by atoms with E-state index in [9.17, 15) is 0 Å². The summed E-state index contributed by atoms with van der Waals surface area (Å²) in [5.41, 5.74) is 2.11. The van der Waals surface area contributed by atoms with Crippen molar-refractivity contribution in [1.82, 2.24) is 10.3 Å². The normalized spacial score (nSPS) is 10.7. The second kappa shape index (κ2) is 5.71. The third-order valence-corrected chi connectivity index (χ3v) is 2.02. The highest BCUT2D eigenvalue weighted by Gasteiger charge is 2.05. The minimum atomic E-state index is 0.543. The molecule has 0 fully saturated rings. The number of hydrogen-bond acceptors (Lipinski definition) is 3. The Morgan fingerprint density at radius 2 is 2.20 bits per heavy atom. The molecule has 84 valence electrons. The first-order chi connectivity index (χ1) is 7.13. The van der Waals surface area contributed by atoms with Crippen molar-refractivity contribution in [1.29, 1.82) is 0 Å². The van der Waals surface area contributed by atoms with Crippen molar-refractivity contribution in [2.75, 3.05) is 13.7 Å². The molecule has 1 rings (SSSR count). The van der Waals surface area contributed by atoms with Gasteiger partial charge in [-0.15, -0.1) is 0 Å². The lowest BCUT2D eigenvalue weighted by Crippen LogP contribution is -2.11. The molecular formula is C12H20N2O. The zero-order valence-electron chi connectivity index (χ0n) is 10.0. The van der Waals surface area contributed by atoms with Gasteiger partial charge in [-0.05, 0) is 19.9 Å². The summed E-state index contributed by atoms with van der Waals surface area (Å²) in [6, 6.07) is 2.00. The second-order valence-electron chi connectivity index (χ2n) is 4.17. The Morgan fingerprint density at radius 1 is 1.47 bits per heavy atom. The molecule has 0 aliphatic rings. The molecule has 0 aliphatic heterocycles. The molecule has 0 amide bonds. The molecule has 0 radical (unpaired) electrons. The van der Waals surface area contributed by atoms with Crippen molar-refractivity contribution >= 4 is 0 Å². The number of aryl methyl sites for hydroxylation is 1. The van der Waals surface area contributed by atoms with Crippen LogP contribution in [-0.2, 0) is 6.54 Å². The van der Waals surface area contributed by atoms with Gasteiger partial charge in [0.15, 0.2) is 0 Å². The van der Waals surface area contributed by atoms with E-state index in [1.807, 2.05) is 26.2 Å². The first-order valence-electron chi connectivity index (χ1n) is 5.36. The smallest absolute Gasteiger partial charge is 0.127 e. The van der Waals surface area contributed by atoms with Crippen LogP contribution in [0.5, 0.6) is 5.75 Å². The SMILES string of the molecule is CNCc1cnc(C)cc1OCC(C)C. The van der Waals surface area contributed by atoms with E-state index in [2.05, 4.69) is 24.1 Å². The highest BCUT2D eigenvalue weighted by molar-refractivity contribution is 5.32. The highest BCUT2D eigenvalue weighted by atomic mass is 16.5. The van der Waals surface area contributed by atoms with Crippen LogP contribution in [0.15, 0.2) is 12.3 Å². The average Bonchev–Trinajstić information content (AvgIpc) is 2.18. The van der Waals surface area contributed by atoms with Crippen molar-refractivity contribution in [3.8, 4) is 5.75 Å². The van der Waals surface area contributed by atoms with Crippen LogP contribution >= 0.6 is 0 Å². The topological polar surface area (TPSA) is 34.2 Å². The van der Waals surface area contributed by atoms with Gasteiger partial charge in [-0.25, -0.2) is 0 Å². The quantitative estimate of drug-likeness (QED) is 0.805. The van der Waals surface area contributed by atoms with Gasteiger partial charge in [-0.2, -0.15) is 0 Å². The van der Waals surface area contributed by atoms with Crippen LogP contribution in [0.3, 0.4) is 0 Å². The first-order valence-corrected chi connectivity index (χ1v) is 5.36. The molecule has 0 aromatic carbocycles. The molecule has 1 aromatic rings. The summed E-state index contributed by atoms with van der Waals surface area (Å²) in [7, 11) is 1.92. The van der Waals surface area contributed by atoms with Gasteiger partial charge in [-0.3, -0.25) is 4.98 Å². The molecule has 0 spiro atoms. The van der Waals surface area contributed by atoms with Gasteiger partial charge >= 0.3 is 0 Å². The maximum absolute atomic E-state index is 5.75. The highest BCUT2D eigenvalue weighted by Crippen LogP contribution is 2.19. The fourth-order valence-electron chi connectivity index (χ4n) is 1.28. The summed E-state index contributed by atoms with van der Waals surface area (Å²) >= 11 is 0. The van der Waals surface area contributed by atoms with E-state index in [1.54, 1.807) is 0 Å². The Bertz CT molecular complexity index is 310. The van der Waals surface area contributed by atoms with Gasteiger partial charge in [0.05, 0.1) is 6.61 Å². The van der Waals surface area contributed by atoms with Crippen LogP contribution in [0.25, 0.3) is 0 Å². The van der Waals surface area contributed by atoms with E-state index >= 15 is 0 Å². The van der Waals surface area contributed by atoms with E-state index in [1.165, 1.54) is 0 Å². The van der Waals surface area contributed by atoms with Gasteiger partial charge in [0.25, 0.3) is 0 Å². The van der Waals surface area contributed by atoms with E-state index in [0.29, 0.717) is 5.92 Å². The predicted octanol–water partition coefficient (Wildman–Crippen LogP) is 2.14. The molecule has 0 atom stereocenters. The van der Waals surface area contributed by atoms with Crippen LogP contribution in [0.2, 0.25) is 0 Å². The van der Waals surface area contributed by atoms with Crippen LogP contribution in [0.1, 0.15) is 25.1 Å². The zero-order chi connectivity index (χ0) is 11.3. The Balaban J connectivity index is 2.77. The van der Waals surface area contributed by atoms with Crippen LogP contribution < -0.4 is 10.1 Å². The number of ether oxygens (including phenoxy) is 1. The minimum Gasteiger partial charge on any atom is -0.493 e. The van der Waals surface area contributed by atoms with Gasteiger partial charge in [0.1, 0.15) is 5.75 Å². The van der Waals surface area contributed by atoms with Crippen molar-refractivity contribution < 1.29 is 4.74 Å². The molecule has 0 saturated heterocycles. The van der Waals surface area contributed by atoms with Gasteiger partial charge in [0.2, 0.25) is 0 Å². The molecule has 15 heavy (non-hydrogen) atoms. The zero-order valence-corrected chi connectivity index (χ0v) is 10.0. The third kappa shape index (κ3) is 3.88. The van der Waals surface area contributed by atoms with Crippen molar-refractivity contribution in [2.45, 2.75) is 27.3 Å². The number of hydrogen-bond donors (Lipinski definition) is 1. The summed E-state index contributed by atoms with van der Waals surface area (Å²) in [4.78, 5) is 4.27. The molecule has 3 nitrogen and oxygen atoms in total. The van der Waals surface area contributed by atoms with Crippen molar-refractivity contribution in [3.05, 3.63) is 23.5 Å². The summed E-state index contributed by atoms with van der Waals surface area (Å²) in [5, 5.41) is 3.11. The molecule has 0 unspecified atom stereocenters. The number of pyridine rings is 1. The lowest BCUT2D eigenvalue weighted by atomic mass is 10.2. The average molecular weight is 208 g/mol. The number of rotatable bonds is 5. The van der Waals surface area contributed by atoms with Crippen LogP contribution in [0.4, 0.5) is 0 Å². The fraction of sp³-hybridized carbons (Fsp3) is 0.583. The van der Waals surface area contributed by atoms with Crippen molar-refractivity contribution in [3.63, 3.8) is 0 Å². The fourth-order valence-corrected chi connectivity index (χ4v) is 1.28. The van der Waals surface area contributed by atoms with Crippen LogP contribution in [0, 0.1) is 12.8 Å². The Kier molecular flexibility index (Phi) is 4.56. The van der Waals surface area contributed by atoms with Crippen molar-refractivity contribution in [2.24, 2.45) is 5.92 Å². The summed E-state index contributed by atoms with van der Waals surface area (Å²) in [6.45, 7) is 7.81. The Hall–Kier alpha value is -1.09. The molecule has 0 aliphatic carbocycles.